The van der Waals surface area contributed by atoms with Gasteiger partial charge in [0.2, 0.25) is 11.9 Å². The van der Waals surface area contributed by atoms with Gasteiger partial charge in [-0.3, -0.25) is 4.79 Å². The van der Waals surface area contributed by atoms with Crippen LogP contribution in [0.4, 0.5) is 11.6 Å². The summed E-state index contributed by atoms with van der Waals surface area (Å²) in [6.45, 7) is 3.83. The van der Waals surface area contributed by atoms with Crippen molar-refractivity contribution in [2.24, 2.45) is 10.9 Å². The Morgan fingerprint density at radius 3 is 2.59 bits per heavy atom. The van der Waals surface area contributed by atoms with Crippen molar-refractivity contribution in [1.29, 1.82) is 0 Å². The highest BCUT2D eigenvalue weighted by Gasteiger charge is 2.39. The molecule has 0 radical (unpaired) electrons. The Morgan fingerprint density at radius 1 is 1.12 bits per heavy atom. The van der Waals surface area contributed by atoms with Gasteiger partial charge in [0.25, 0.3) is 0 Å². The molecule has 2 N–H and O–H groups in total. The van der Waals surface area contributed by atoms with Gasteiger partial charge in [0, 0.05) is 24.4 Å². The smallest absolute Gasteiger partial charge is 0.248 e. The standard InChI is InChI=1S/C25H29N5O4/c1-15-8-5-6-9-18(15)27-24(32)22-16(2)26-25-28-21(10-7-13-31)29-30(25)23(22)17-11-12-19(33-3)20(14-17)34-4/h5-6,8-9,11-12,14,22-23,31H,7,10,13H2,1-4H3,(H,27,32). The van der Waals surface area contributed by atoms with E-state index in [-0.39, 0.29) is 12.5 Å². The monoisotopic (exact) mass is 463 g/mol. The van der Waals surface area contributed by atoms with Crippen molar-refractivity contribution in [3.63, 3.8) is 0 Å². The molecule has 0 bridgehead atoms. The largest absolute Gasteiger partial charge is 0.493 e. The van der Waals surface area contributed by atoms with Crippen LogP contribution < -0.4 is 14.8 Å². The highest BCUT2D eigenvalue weighted by molar-refractivity contribution is 6.10. The van der Waals surface area contributed by atoms with Gasteiger partial charge < -0.3 is 19.9 Å². The van der Waals surface area contributed by atoms with Gasteiger partial charge in [0.1, 0.15) is 5.92 Å². The molecule has 4 rings (SSSR count). The molecule has 0 saturated heterocycles. The minimum absolute atomic E-state index is 0.0483. The van der Waals surface area contributed by atoms with Crippen LogP contribution in [0.5, 0.6) is 11.5 Å². The van der Waals surface area contributed by atoms with E-state index >= 15 is 0 Å². The van der Waals surface area contributed by atoms with E-state index in [9.17, 15) is 9.90 Å². The summed E-state index contributed by atoms with van der Waals surface area (Å²) in [5.41, 5.74) is 3.17. The first-order valence-corrected chi connectivity index (χ1v) is 11.2. The first kappa shape index (κ1) is 23.4. The summed E-state index contributed by atoms with van der Waals surface area (Å²) in [7, 11) is 3.15. The number of fused-ring (bicyclic) bond motifs is 1. The van der Waals surface area contributed by atoms with E-state index in [1.165, 1.54) is 0 Å². The number of hydrogen-bond acceptors (Lipinski definition) is 7. The number of hydrogen-bond donors (Lipinski definition) is 2. The van der Waals surface area contributed by atoms with E-state index in [1.54, 1.807) is 18.9 Å². The van der Waals surface area contributed by atoms with E-state index < -0.39 is 12.0 Å². The second-order valence-corrected chi connectivity index (χ2v) is 8.19. The van der Waals surface area contributed by atoms with Crippen LogP contribution in [0.25, 0.3) is 0 Å². The number of carbonyl (C=O) groups is 1. The fourth-order valence-electron chi connectivity index (χ4n) is 4.19. The van der Waals surface area contributed by atoms with Gasteiger partial charge in [-0.1, -0.05) is 24.3 Å². The Hall–Kier alpha value is -3.72. The summed E-state index contributed by atoms with van der Waals surface area (Å²) >= 11 is 0. The quantitative estimate of drug-likeness (QED) is 0.529. The molecule has 0 saturated carbocycles. The third-order valence-corrected chi connectivity index (χ3v) is 5.96. The van der Waals surface area contributed by atoms with Crippen molar-refractivity contribution in [2.75, 3.05) is 26.1 Å². The maximum absolute atomic E-state index is 13.6. The molecule has 3 aromatic rings. The summed E-state index contributed by atoms with van der Waals surface area (Å²) in [6, 6.07) is 12.7. The number of anilines is 1. The number of amides is 1. The van der Waals surface area contributed by atoms with E-state index in [0.717, 1.165) is 16.8 Å². The topological polar surface area (TPSA) is 111 Å². The maximum atomic E-state index is 13.6. The van der Waals surface area contributed by atoms with Crippen LogP contribution in [0.3, 0.4) is 0 Å². The summed E-state index contributed by atoms with van der Waals surface area (Å²) in [6.07, 6.45) is 1.06. The number of aromatic nitrogens is 3. The van der Waals surface area contributed by atoms with Gasteiger partial charge in [-0.15, -0.1) is 0 Å². The fraction of sp³-hybridized carbons (Fsp3) is 0.360. The summed E-state index contributed by atoms with van der Waals surface area (Å²) < 4.78 is 12.6. The van der Waals surface area contributed by atoms with E-state index in [4.69, 9.17) is 9.47 Å². The normalized spacial score (nSPS) is 17.0. The highest BCUT2D eigenvalue weighted by Crippen LogP contribution is 2.39. The number of aryl methyl sites for hydroxylation is 2. The lowest BCUT2D eigenvalue weighted by Gasteiger charge is -2.31. The molecule has 1 aliphatic rings. The molecule has 0 aliphatic carbocycles. The summed E-state index contributed by atoms with van der Waals surface area (Å²) in [5, 5.41) is 17.0. The van der Waals surface area contributed by atoms with Crippen molar-refractivity contribution in [1.82, 2.24) is 14.8 Å². The molecular formula is C25H29N5O4. The summed E-state index contributed by atoms with van der Waals surface area (Å²) in [5.74, 6) is 1.35. The van der Waals surface area contributed by atoms with Crippen LogP contribution in [0.15, 0.2) is 47.5 Å². The summed E-state index contributed by atoms with van der Waals surface area (Å²) in [4.78, 5) is 22.8. The molecule has 1 aliphatic heterocycles. The van der Waals surface area contributed by atoms with Crippen LogP contribution in [0.1, 0.15) is 36.3 Å². The number of para-hydroxylation sites is 1. The second-order valence-electron chi connectivity index (χ2n) is 8.19. The van der Waals surface area contributed by atoms with E-state index in [1.807, 2.05) is 56.3 Å². The van der Waals surface area contributed by atoms with Crippen molar-refractivity contribution in [3.8, 4) is 11.5 Å². The predicted molar refractivity (Wildman–Crippen MR) is 129 cm³/mol. The molecule has 2 unspecified atom stereocenters. The molecule has 34 heavy (non-hydrogen) atoms. The number of carbonyl (C=O) groups excluding carboxylic acids is 1. The van der Waals surface area contributed by atoms with Crippen molar-refractivity contribution < 1.29 is 19.4 Å². The lowest BCUT2D eigenvalue weighted by molar-refractivity contribution is -0.118. The first-order chi connectivity index (χ1) is 16.5. The Labute approximate surface area is 198 Å². The maximum Gasteiger partial charge on any atom is 0.248 e. The van der Waals surface area contributed by atoms with Gasteiger partial charge in [-0.25, -0.2) is 9.67 Å². The molecule has 2 aromatic carbocycles. The third kappa shape index (κ3) is 4.51. The van der Waals surface area contributed by atoms with Crippen LogP contribution in [-0.4, -0.2) is 52.3 Å². The van der Waals surface area contributed by atoms with Crippen molar-refractivity contribution >= 4 is 23.3 Å². The Balaban J connectivity index is 1.80. The number of rotatable bonds is 8. The molecule has 0 spiro atoms. The third-order valence-electron chi connectivity index (χ3n) is 5.96. The van der Waals surface area contributed by atoms with Gasteiger partial charge in [-0.2, -0.15) is 10.1 Å². The van der Waals surface area contributed by atoms with Crippen LogP contribution in [-0.2, 0) is 11.2 Å². The van der Waals surface area contributed by atoms with Gasteiger partial charge in [-0.05, 0) is 49.6 Å². The molecule has 0 fully saturated rings. The van der Waals surface area contributed by atoms with Crippen LogP contribution in [0.2, 0.25) is 0 Å². The zero-order chi connectivity index (χ0) is 24.2. The second kappa shape index (κ2) is 10.0. The molecule has 178 valence electrons. The lowest BCUT2D eigenvalue weighted by atomic mass is 9.87. The zero-order valence-electron chi connectivity index (χ0n) is 19.8. The molecule has 1 aromatic heterocycles. The molecular weight excluding hydrogens is 434 g/mol. The van der Waals surface area contributed by atoms with E-state index in [2.05, 4.69) is 20.4 Å². The number of aliphatic hydroxyl groups is 1. The van der Waals surface area contributed by atoms with Crippen molar-refractivity contribution in [3.05, 3.63) is 59.4 Å². The Bertz CT molecular complexity index is 1220. The zero-order valence-corrected chi connectivity index (χ0v) is 19.8. The van der Waals surface area contributed by atoms with Crippen molar-refractivity contribution in [2.45, 2.75) is 32.7 Å². The van der Waals surface area contributed by atoms with Crippen LogP contribution in [0, 0.1) is 12.8 Å². The number of ether oxygens (including phenoxy) is 2. The predicted octanol–water partition coefficient (Wildman–Crippen LogP) is 3.48. The minimum Gasteiger partial charge on any atom is -0.493 e. The average Bonchev–Trinajstić information content (AvgIpc) is 3.24. The number of nitrogens with one attached hydrogen (secondary N) is 1. The molecule has 9 heteroatoms. The highest BCUT2D eigenvalue weighted by atomic mass is 16.5. The Kier molecular flexibility index (Phi) is 6.93. The number of methoxy groups -OCH3 is 2. The SMILES string of the molecule is COc1ccc(C2C(C(=O)Nc3ccccc3C)C(C)=Nc3nc(CCCO)nn32)cc1OC. The molecule has 2 heterocycles. The number of benzene rings is 2. The number of aliphatic hydroxyl groups excluding tert-OH is 1. The fourth-order valence-corrected chi connectivity index (χ4v) is 4.19. The number of aliphatic imine (C=N–C) groups is 1. The Morgan fingerprint density at radius 2 is 1.88 bits per heavy atom. The molecule has 9 nitrogen and oxygen atoms in total. The number of nitrogens with zero attached hydrogens (tertiary/aromatic N) is 4. The van der Waals surface area contributed by atoms with Gasteiger partial charge in [0.15, 0.2) is 17.3 Å². The minimum atomic E-state index is -0.627. The lowest BCUT2D eigenvalue weighted by Crippen LogP contribution is -2.39. The van der Waals surface area contributed by atoms with E-state index in [0.29, 0.717) is 41.8 Å². The van der Waals surface area contributed by atoms with Crippen LogP contribution >= 0.6 is 0 Å². The first-order valence-electron chi connectivity index (χ1n) is 11.2. The van der Waals surface area contributed by atoms with Gasteiger partial charge in [0.05, 0.1) is 20.3 Å². The molecule has 2 atom stereocenters. The average molecular weight is 464 g/mol. The van der Waals surface area contributed by atoms with Gasteiger partial charge >= 0.3 is 0 Å². The molecule has 1 amide bonds.